The summed E-state index contributed by atoms with van der Waals surface area (Å²) in [5.41, 5.74) is 8.98. The number of nitrogens with zero attached hydrogens (tertiary/aromatic N) is 2. The SMILES string of the molecule is CC/C=C\c1cccc(S(=O)(=O)Nc2ccc(C(=O)N3CCN(CC(C)c4ccccc4)CC3)c(OC)c2)c1N. The molecule has 1 atom stereocenters. The lowest BCUT2D eigenvalue weighted by Gasteiger charge is -2.36. The Kier molecular flexibility index (Phi) is 9.50. The Hall–Kier alpha value is -3.82. The second kappa shape index (κ2) is 13.0. The molecule has 1 aliphatic heterocycles. The topological polar surface area (TPSA) is 105 Å². The fourth-order valence-electron chi connectivity index (χ4n) is 4.91. The van der Waals surface area contributed by atoms with Crippen molar-refractivity contribution in [1.82, 2.24) is 9.80 Å². The molecule has 0 bridgehead atoms. The summed E-state index contributed by atoms with van der Waals surface area (Å²) in [4.78, 5) is 17.6. The Bertz CT molecular complexity index is 1450. The van der Waals surface area contributed by atoms with Crippen molar-refractivity contribution in [2.45, 2.75) is 31.1 Å². The Balaban J connectivity index is 1.42. The van der Waals surface area contributed by atoms with Gasteiger partial charge < -0.3 is 15.4 Å². The zero-order chi connectivity index (χ0) is 28.7. The quantitative estimate of drug-likeness (QED) is 0.335. The molecular weight excluding hydrogens is 524 g/mol. The smallest absolute Gasteiger partial charge is 0.263 e. The number of benzene rings is 3. The minimum Gasteiger partial charge on any atom is -0.496 e. The van der Waals surface area contributed by atoms with Gasteiger partial charge in [0.25, 0.3) is 15.9 Å². The number of sulfonamides is 1. The largest absolute Gasteiger partial charge is 0.496 e. The van der Waals surface area contributed by atoms with Gasteiger partial charge in [-0.25, -0.2) is 8.42 Å². The fourth-order valence-corrected chi connectivity index (χ4v) is 6.12. The first kappa shape index (κ1) is 29.2. The van der Waals surface area contributed by atoms with Crippen LogP contribution in [-0.4, -0.2) is 64.0 Å². The van der Waals surface area contributed by atoms with Crippen LogP contribution in [0.5, 0.6) is 5.75 Å². The fraction of sp³-hybridized carbons (Fsp3) is 0.323. The lowest BCUT2D eigenvalue weighted by atomic mass is 10.0. The summed E-state index contributed by atoms with van der Waals surface area (Å²) in [5, 5.41) is 0. The van der Waals surface area contributed by atoms with Gasteiger partial charge in [0, 0.05) is 38.8 Å². The monoisotopic (exact) mass is 562 g/mol. The van der Waals surface area contributed by atoms with E-state index in [1.165, 1.54) is 24.8 Å². The molecule has 1 heterocycles. The zero-order valence-corrected chi connectivity index (χ0v) is 24.2. The molecule has 1 aliphatic rings. The Morgan fingerprint density at radius 3 is 2.45 bits per heavy atom. The number of amides is 1. The number of hydrogen-bond donors (Lipinski definition) is 2. The standard InChI is InChI=1S/C31H38N4O4S/c1-4-5-10-25-13-9-14-29(30(25)32)40(37,38)33-26-15-16-27(28(21-26)39-3)31(36)35-19-17-34(18-20-35)22-23(2)24-11-7-6-8-12-24/h5-16,21,23,33H,4,17-20,22,32H2,1-3H3/b10-5-. The van der Waals surface area contributed by atoms with Crippen molar-refractivity contribution >= 4 is 33.4 Å². The lowest BCUT2D eigenvalue weighted by Crippen LogP contribution is -2.49. The van der Waals surface area contributed by atoms with Crippen LogP contribution in [0, 0.1) is 0 Å². The first-order valence-electron chi connectivity index (χ1n) is 13.6. The number of ether oxygens (including phenoxy) is 1. The molecule has 1 amide bonds. The number of carbonyl (C=O) groups excluding carboxylic acids is 1. The van der Waals surface area contributed by atoms with E-state index in [2.05, 4.69) is 40.8 Å². The molecule has 1 fully saturated rings. The maximum Gasteiger partial charge on any atom is 0.263 e. The summed E-state index contributed by atoms with van der Waals surface area (Å²) in [5.74, 6) is 0.574. The number of anilines is 2. The van der Waals surface area contributed by atoms with Gasteiger partial charge in [-0.15, -0.1) is 0 Å². The van der Waals surface area contributed by atoms with Gasteiger partial charge in [-0.05, 0) is 41.7 Å². The number of nitrogen functional groups attached to an aromatic ring is 1. The molecule has 8 nitrogen and oxygen atoms in total. The maximum absolute atomic E-state index is 13.4. The van der Waals surface area contributed by atoms with E-state index in [0.29, 0.717) is 35.9 Å². The van der Waals surface area contributed by atoms with Gasteiger partial charge in [-0.3, -0.25) is 14.4 Å². The van der Waals surface area contributed by atoms with E-state index >= 15 is 0 Å². The van der Waals surface area contributed by atoms with E-state index in [9.17, 15) is 13.2 Å². The van der Waals surface area contributed by atoms with Crippen LogP contribution in [0.3, 0.4) is 0 Å². The average Bonchev–Trinajstić information content (AvgIpc) is 2.96. The summed E-state index contributed by atoms with van der Waals surface area (Å²) in [6.07, 6.45) is 4.53. The van der Waals surface area contributed by atoms with Gasteiger partial charge in [0.05, 0.1) is 24.0 Å². The van der Waals surface area contributed by atoms with Crippen molar-refractivity contribution < 1.29 is 17.9 Å². The van der Waals surface area contributed by atoms with E-state index in [1.54, 1.807) is 24.3 Å². The molecule has 3 N–H and O–H groups in total. The average molecular weight is 563 g/mol. The molecule has 3 aromatic rings. The minimum atomic E-state index is -3.97. The van der Waals surface area contributed by atoms with E-state index < -0.39 is 10.0 Å². The highest BCUT2D eigenvalue weighted by molar-refractivity contribution is 7.92. The third-order valence-electron chi connectivity index (χ3n) is 7.17. The van der Waals surface area contributed by atoms with Crippen molar-refractivity contribution in [3.8, 4) is 5.75 Å². The van der Waals surface area contributed by atoms with Crippen molar-refractivity contribution in [3.63, 3.8) is 0 Å². The molecule has 3 aromatic carbocycles. The first-order chi connectivity index (χ1) is 19.2. The highest BCUT2D eigenvalue weighted by Gasteiger charge is 2.26. The molecule has 0 saturated carbocycles. The van der Waals surface area contributed by atoms with Crippen LogP contribution in [-0.2, 0) is 10.0 Å². The Morgan fingerprint density at radius 2 is 1.77 bits per heavy atom. The molecule has 0 radical (unpaired) electrons. The van der Waals surface area contributed by atoms with Gasteiger partial charge in [0.15, 0.2) is 0 Å². The molecule has 1 unspecified atom stereocenters. The van der Waals surface area contributed by atoms with E-state index in [0.717, 1.165) is 26.1 Å². The third kappa shape index (κ3) is 6.84. The van der Waals surface area contributed by atoms with Crippen LogP contribution in [0.2, 0.25) is 0 Å². The van der Waals surface area contributed by atoms with Crippen LogP contribution in [0.25, 0.3) is 6.08 Å². The molecule has 0 aliphatic carbocycles. The molecule has 0 aromatic heterocycles. The molecule has 4 rings (SSSR count). The second-order valence-electron chi connectivity index (χ2n) is 9.99. The van der Waals surface area contributed by atoms with Crippen LogP contribution in [0.15, 0.2) is 77.7 Å². The predicted molar refractivity (Wildman–Crippen MR) is 161 cm³/mol. The minimum absolute atomic E-state index is 0.00988. The summed E-state index contributed by atoms with van der Waals surface area (Å²) in [6, 6.07) is 20.0. The van der Waals surface area contributed by atoms with Crippen molar-refractivity contribution in [2.75, 3.05) is 50.3 Å². The zero-order valence-electron chi connectivity index (χ0n) is 23.3. The van der Waals surface area contributed by atoms with Gasteiger partial charge in [-0.2, -0.15) is 0 Å². The van der Waals surface area contributed by atoms with Gasteiger partial charge in [0.2, 0.25) is 0 Å². The van der Waals surface area contributed by atoms with Crippen LogP contribution >= 0.6 is 0 Å². The summed E-state index contributed by atoms with van der Waals surface area (Å²) in [6.45, 7) is 7.95. The lowest BCUT2D eigenvalue weighted by molar-refractivity contribution is 0.0628. The number of allylic oxidation sites excluding steroid dienone is 1. The number of nitrogens with one attached hydrogen (secondary N) is 1. The maximum atomic E-state index is 13.4. The molecule has 212 valence electrons. The second-order valence-corrected chi connectivity index (χ2v) is 11.6. The van der Waals surface area contributed by atoms with E-state index in [4.69, 9.17) is 10.5 Å². The number of rotatable bonds is 10. The van der Waals surface area contributed by atoms with Gasteiger partial charge in [0.1, 0.15) is 10.6 Å². The van der Waals surface area contributed by atoms with Gasteiger partial charge >= 0.3 is 0 Å². The summed E-state index contributed by atoms with van der Waals surface area (Å²) >= 11 is 0. The third-order valence-corrected chi connectivity index (χ3v) is 8.61. The highest BCUT2D eigenvalue weighted by Crippen LogP contribution is 2.29. The van der Waals surface area contributed by atoms with Crippen molar-refractivity contribution in [2.24, 2.45) is 0 Å². The predicted octanol–water partition coefficient (Wildman–Crippen LogP) is 5.06. The summed E-state index contributed by atoms with van der Waals surface area (Å²) < 4.78 is 34.4. The number of carbonyl (C=O) groups is 1. The van der Waals surface area contributed by atoms with Crippen LogP contribution < -0.4 is 15.2 Å². The molecule has 40 heavy (non-hydrogen) atoms. The van der Waals surface area contributed by atoms with E-state index in [1.807, 2.05) is 30.0 Å². The van der Waals surface area contributed by atoms with Crippen molar-refractivity contribution in [3.05, 3.63) is 89.5 Å². The number of piperazine rings is 1. The number of hydrogen-bond acceptors (Lipinski definition) is 6. The Morgan fingerprint density at radius 1 is 1.05 bits per heavy atom. The van der Waals surface area contributed by atoms with Crippen LogP contribution in [0.1, 0.15) is 47.7 Å². The Labute approximate surface area is 237 Å². The first-order valence-corrected chi connectivity index (χ1v) is 15.0. The van der Waals surface area contributed by atoms with Gasteiger partial charge in [-0.1, -0.05) is 68.5 Å². The number of para-hydroxylation sites is 1. The van der Waals surface area contributed by atoms with Crippen molar-refractivity contribution in [1.29, 1.82) is 0 Å². The van der Waals surface area contributed by atoms with E-state index in [-0.39, 0.29) is 22.2 Å². The number of methoxy groups -OCH3 is 1. The highest BCUT2D eigenvalue weighted by atomic mass is 32.2. The molecule has 1 saturated heterocycles. The summed E-state index contributed by atoms with van der Waals surface area (Å²) in [7, 11) is -2.50. The molecular formula is C31H38N4O4S. The normalized spacial score (nSPS) is 15.2. The molecule has 9 heteroatoms. The van der Waals surface area contributed by atoms with Crippen LogP contribution in [0.4, 0.5) is 11.4 Å². The number of nitrogens with two attached hydrogens (primary N) is 1. The molecule has 0 spiro atoms.